The van der Waals surface area contributed by atoms with Crippen LogP contribution >= 0.6 is 0 Å². The van der Waals surface area contributed by atoms with Crippen molar-refractivity contribution >= 4 is 23.4 Å². The molecule has 0 radical (unpaired) electrons. The molecule has 1 heterocycles. The standard InChI is InChI=1S/C21H29FN4O3/c1-25(2)21(29)13-6-9-18(17(23)11-13)24-20(28)15-8-7-14(12-16(15)22)26-10-4-3-5-19(26)27/h7-8,12-13,17-18H,3-6,9-11,23H2,1-2H3,(H,24,28). The maximum absolute atomic E-state index is 14.6. The number of nitrogens with two attached hydrogens (primary N) is 1. The molecule has 1 saturated carbocycles. The molecule has 29 heavy (non-hydrogen) atoms. The number of anilines is 1. The van der Waals surface area contributed by atoms with Crippen LogP contribution in [-0.2, 0) is 9.59 Å². The van der Waals surface area contributed by atoms with Gasteiger partial charge in [0, 0.05) is 50.7 Å². The van der Waals surface area contributed by atoms with Gasteiger partial charge in [-0.3, -0.25) is 14.4 Å². The van der Waals surface area contributed by atoms with Crippen molar-refractivity contribution in [1.29, 1.82) is 0 Å². The van der Waals surface area contributed by atoms with Gasteiger partial charge in [-0.25, -0.2) is 4.39 Å². The fraction of sp³-hybridized carbons (Fsp3) is 0.571. The van der Waals surface area contributed by atoms with Crippen molar-refractivity contribution in [1.82, 2.24) is 10.2 Å². The van der Waals surface area contributed by atoms with Crippen LogP contribution in [-0.4, -0.2) is 55.3 Å². The molecule has 1 aliphatic carbocycles. The number of amides is 3. The Labute approximate surface area is 170 Å². The Balaban J connectivity index is 1.64. The fourth-order valence-electron chi connectivity index (χ4n) is 4.16. The number of hydrogen-bond donors (Lipinski definition) is 2. The number of rotatable bonds is 4. The van der Waals surface area contributed by atoms with Crippen LogP contribution in [0.4, 0.5) is 10.1 Å². The highest BCUT2D eigenvalue weighted by Gasteiger charge is 2.33. The first-order valence-corrected chi connectivity index (χ1v) is 10.2. The van der Waals surface area contributed by atoms with Gasteiger partial charge in [0.05, 0.1) is 5.56 Å². The van der Waals surface area contributed by atoms with Crippen LogP contribution in [0, 0.1) is 11.7 Å². The Morgan fingerprint density at radius 2 is 2.00 bits per heavy atom. The fourth-order valence-corrected chi connectivity index (χ4v) is 4.16. The third-order valence-electron chi connectivity index (χ3n) is 5.84. The number of benzene rings is 1. The van der Waals surface area contributed by atoms with E-state index in [4.69, 9.17) is 5.73 Å². The molecular formula is C21H29FN4O3. The molecule has 3 rings (SSSR count). The van der Waals surface area contributed by atoms with Gasteiger partial charge >= 0.3 is 0 Å². The lowest BCUT2D eigenvalue weighted by atomic mass is 9.82. The average molecular weight is 404 g/mol. The van der Waals surface area contributed by atoms with Crippen molar-refractivity contribution in [3.05, 3.63) is 29.6 Å². The number of carbonyl (C=O) groups excluding carboxylic acids is 3. The third kappa shape index (κ3) is 4.75. The maximum atomic E-state index is 14.6. The second-order valence-corrected chi connectivity index (χ2v) is 8.15. The number of halogens is 1. The highest BCUT2D eigenvalue weighted by molar-refractivity contribution is 5.97. The zero-order chi connectivity index (χ0) is 21.1. The Hall–Kier alpha value is -2.48. The molecule has 158 valence electrons. The molecule has 1 saturated heterocycles. The van der Waals surface area contributed by atoms with Crippen LogP contribution < -0.4 is 16.0 Å². The number of piperidine rings is 1. The molecule has 0 spiro atoms. The first-order chi connectivity index (χ1) is 13.8. The van der Waals surface area contributed by atoms with Crippen LogP contribution in [0.2, 0.25) is 0 Å². The SMILES string of the molecule is CN(C)C(=O)C1CCC(NC(=O)c2ccc(N3CCCCC3=O)cc2F)C(N)C1. The Morgan fingerprint density at radius 1 is 1.24 bits per heavy atom. The van der Waals surface area contributed by atoms with Gasteiger partial charge in [-0.15, -0.1) is 0 Å². The highest BCUT2D eigenvalue weighted by atomic mass is 19.1. The van der Waals surface area contributed by atoms with E-state index >= 15 is 0 Å². The summed E-state index contributed by atoms with van der Waals surface area (Å²) < 4.78 is 14.6. The van der Waals surface area contributed by atoms with E-state index in [-0.39, 0.29) is 35.4 Å². The Kier molecular flexibility index (Phi) is 6.52. The summed E-state index contributed by atoms with van der Waals surface area (Å²) in [6.07, 6.45) is 3.88. The van der Waals surface area contributed by atoms with Crippen molar-refractivity contribution in [2.75, 3.05) is 25.5 Å². The zero-order valence-electron chi connectivity index (χ0n) is 17.0. The normalized spacial score (nSPS) is 24.9. The second-order valence-electron chi connectivity index (χ2n) is 8.15. The van der Waals surface area contributed by atoms with Gasteiger partial charge in [-0.2, -0.15) is 0 Å². The van der Waals surface area contributed by atoms with E-state index < -0.39 is 11.7 Å². The third-order valence-corrected chi connectivity index (χ3v) is 5.84. The number of carbonyl (C=O) groups is 3. The molecule has 1 aromatic rings. The van der Waals surface area contributed by atoms with Crippen LogP contribution in [0.15, 0.2) is 18.2 Å². The summed E-state index contributed by atoms with van der Waals surface area (Å²) in [7, 11) is 3.43. The van der Waals surface area contributed by atoms with Gasteiger partial charge in [0.1, 0.15) is 5.82 Å². The largest absolute Gasteiger partial charge is 0.349 e. The predicted molar refractivity (Wildman–Crippen MR) is 108 cm³/mol. The van der Waals surface area contributed by atoms with Gasteiger partial charge < -0.3 is 20.9 Å². The number of nitrogens with one attached hydrogen (secondary N) is 1. The summed E-state index contributed by atoms with van der Waals surface area (Å²) in [5, 5.41) is 2.81. The van der Waals surface area contributed by atoms with Gasteiger partial charge in [0.15, 0.2) is 0 Å². The highest BCUT2D eigenvalue weighted by Crippen LogP contribution is 2.26. The van der Waals surface area contributed by atoms with E-state index in [1.807, 2.05) is 0 Å². The van der Waals surface area contributed by atoms with Crippen LogP contribution in [0.1, 0.15) is 48.9 Å². The Morgan fingerprint density at radius 3 is 2.62 bits per heavy atom. The molecular weight excluding hydrogens is 375 g/mol. The molecule has 0 aromatic heterocycles. The van der Waals surface area contributed by atoms with Crippen LogP contribution in [0.5, 0.6) is 0 Å². The second kappa shape index (κ2) is 8.90. The first-order valence-electron chi connectivity index (χ1n) is 10.2. The summed E-state index contributed by atoms with van der Waals surface area (Å²) in [5.41, 5.74) is 6.59. The van der Waals surface area contributed by atoms with E-state index in [9.17, 15) is 18.8 Å². The zero-order valence-corrected chi connectivity index (χ0v) is 17.0. The molecule has 7 nitrogen and oxygen atoms in total. The minimum atomic E-state index is -0.664. The summed E-state index contributed by atoms with van der Waals surface area (Å²) in [6, 6.07) is 3.58. The molecule has 8 heteroatoms. The minimum absolute atomic E-state index is 0.0251. The molecule has 3 amide bonds. The topological polar surface area (TPSA) is 95.7 Å². The molecule has 3 N–H and O–H groups in total. The predicted octanol–water partition coefficient (Wildman–Crippen LogP) is 1.66. The summed E-state index contributed by atoms with van der Waals surface area (Å²) in [6.45, 7) is 0.563. The average Bonchev–Trinajstić information content (AvgIpc) is 2.69. The van der Waals surface area contributed by atoms with Gasteiger partial charge in [-0.1, -0.05) is 0 Å². The van der Waals surface area contributed by atoms with Gasteiger partial charge in [-0.05, 0) is 50.3 Å². The maximum Gasteiger partial charge on any atom is 0.254 e. The van der Waals surface area contributed by atoms with E-state index in [1.54, 1.807) is 30.0 Å². The molecule has 2 aliphatic rings. The van der Waals surface area contributed by atoms with E-state index in [1.165, 1.54) is 12.1 Å². The van der Waals surface area contributed by atoms with E-state index in [0.29, 0.717) is 37.9 Å². The van der Waals surface area contributed by atoms with E-state index in [0.717, 1.165) is 12.8 Å². The summed E-state index contributed by atoms with van der Waals surface area (Å²) in [4.78, 5) is 39.9. The number of nitrogens with zero attached hydrogens (tertiary/aromatic N) is 2. The molecule has 1 aromatic carbocycles. The molecule has 3 unspecified atom stereocenters. The number of hydrogen-bond acceptors (Lipinski definition) is 4. The van der Waals surface area contributed by atoms with Crippen molar-refractivity contribution in [3.8, 4) is 0 Å². The van der Waals surface area contributed by atoms with Crippen molar-refractivity contribution in [2.45, 2.75) is 50.6 Å². The monoisotopic (exact) mass is 404 g/mol. The molecule has 1 aliphatic heterocycles. The first kappa shape index (κ1) is 21.2. The minimum Gasteiger partial charge on any atom is -0.349 e. The van der Waals surface area contributed by atoms with Crippen molar-refractivity contribution < 1.29 is 18.8 Å². The lowest BCUT2D eigenvalue weighted by Gasteiger charge is -2.34. The molecule has 2 fully saturated rings. The lowest BCUT2D eigenvalue weighted by molar-refractivity contribution is -0.134. The van der Waals surface area contributed by atoms with Gasteiger partial charge in [0.2, 0.25) is 11.8 Å². The van der Waals surface area contributed by atoms with Crippen LogP contribution in [0.25, 0.3) is 0 Å². The van der Waals surface area contributed by atoms with Crippen LogP contribution in [0.3, 0.4) is 0 Å². The van der Waals surface area contributed by atoms with Gasteiger partial charge in [0.25, 0.3) is 5.91 Å². The molecule has 0 bridgehead atoms. The Bertz CT molecular complexity index is 798. The molecule has 3 atom stereocenters. The summed E-state index contributed by atoms with van der Waals surface area (Å²) in [5.74, 6) is -1.33. The smallest absolute Gasteiger partial charge is 0.254 e. The van der Waals surface area contributed by atoms with Crippen molar-refractivity contribution in [2.24, 2.45) is 11.7 Å². The lowest BCUT2D eigenvalue weighted by Crippen LogP contribution is -2.52. The summed E-state index contributed by atoms with van der Waals surface area (Å²) >= 11 is 0. The van der Waals surface area contributed by atoms with E-state index in [2.05, 4.69) is 5.32 Å². The van der Waals surface area contributed by atoms with Crippen molar-refractivity contribution in [3.63, 3.8) is 0 Å². The quantitative estimate of drug-likeness (QED) is 0.798.